The number of methoxy groups -OCH3 is 1. The molecule has 2 aromatic carbocycles. The third-order valence-electron chi connectivity index (χ3n) is 3.96. The number of anilines is 1. The first-order valence-corrected chi connectivity index (χ1v) is 8.64. The highest BCUT2D eigenvalue weighted by atomic mass is 32.2. The van der Waals surface area contributed by atoms with E-state index in [1.807, 2.05) is 42.5 Å². The molecular weight excluding hydrogens is 320 g/mol. The number of carbonyl (C=O) groups excluding carboxylic acids is 1. The molecule has 24 heavy (non-hydrogen) atoms. The lowest BCUT2D eigenvalue weighted by molar-refractivity contribution is -0.117. The highest BCUT2D eigenvalue weighted by Crippen LogP contribution is 2.35. The van der Waals surface area contributed by atoms with Gasteiger partial charge in [-0.05, 0) is 36.2 Å². The number of carbonyl (C=O) groups is 1. The fraction of sp³-hybridized carbons (Fsp3) is 0.263. The summed E-state index contributed by atoms with van der Waals surface area (Å²) in [5, 5.41) is 9.51. The van der Waals surface area contributed by atoms with Gasteiger partial charge in [0.25, 0.3) is 0 Å². The Morgan fingerprint density at radius 1 is 1.25 bits per heavy atom. The summed E-state index contributed by atoms with van der Waals surface area (Å²) in [7, 11) is 1.67. The van der Waals surface area contributed by atoms with Gasteiger partial charge in [-0.25, -0.2) is 0 Å². The van der Waals surface area contributed by atoms with Crippen LogP contribution in [0.15, 0.2) is 52.3 Å². The summed E-state index contributed by atoms with van der Waals surface area (Å²) in [4.78, 5) is 15.6. The van der Waals surface area contributed by atoms with Crippen LogP contribution in [0.2, 0.25) is 0 Å². The Labute approximate surface area is 146 Å². The second-order valence-electron chi connectivity index (χ2n) is 5.58. The highest BCUT2D eigenvalue weighted by Gasteiger charge is 2.22. The van der Waals surface area contributed by atoms with E-state index in [4.69, 9.17) is 4.74 Å². The molecular formula is C19H18N2O2S. The largest absolute Gasteiger partial charge is 0.380 e. The lowest BCUT2D eigenvalue weighted by atomic mass is 10.2. The number of ether oxygens (including phenoxy) is 1. The third-order valence-corrected chi connectivity index (χ3v) is 5.16. The average molecular weight is 338 g/mol. The zero-order valence-electron chi connectivity index (χ0n) is 13.5. The fourth-order valence-electron chi connectivity index (χ4n) is 2.78. The first-order valence-electron chi connectivity index (χ1n) is 7.82. The Hall–Kier alpha value is -2.29. The highest BCUT2D eigenvalue weighted by molar-refractivity contribution is 7.99. The maximum absolute atomic E-state index is 11.9. The molecule has 1 fully saturated rings. The molecule has 1 heterocycles. The van der Waals surface area contributed by atoms with Crippen molar-refractivity contribution >= 4 is 23.4 Å². The Bertz CT molecular complexity index is 798. The van der Waals surface area contributed by atoms with Crippen molar-refractivity contribution in [2.45, 2.75) is 29.2 Å². The molecule has 0 bridgehead atoms. The smallest absolute Gasteiger partial charge is 0.227 e. The summed E-state index contributed by atoms with van der Waals surface area (Å²) in [6.07, 6.45) is 1.46. The molecule has 0 aliphatic carbocycles. The van der Waals surface area contributed by atoms with Crippen LogP contribution in [0.5, 0.6) is 0 Å². The first-order chi connectivity index (χ1) is 11.7. The van der Waals surface area contributed by atoms with Crippen molar-refractivity contribution in [1.29, 1.82) is 5.26 Å². The van der Waals surface area contributed by atoms with Crippen molar-refractivity contribution in [1.82, 2.24) is 0 Å². The Morgan fingerprint density at radius 2 is 2.08 bits per heavy atom. The number of benzene rings is 2. The van der Waals surface area contributed by atoms with Crippen LogP contribution in [-0.2, 0) is 16.1 Å². The molecule has 1 saturated heterocycles. The van der Waals surface area contributed by atoms with Gasteiger partial charge < -0.3 is 9.64 Å². The van der Waals surface area contributed by atoms with E-state index in [2.05, 4.69) is 6.07 Å². The Kier molecular flexibility index (Phi) is 5.19. The number of hydrogen-bond donors (Lipinski definition) is 0. The Balaban J connectivity index is 1.89. The van der Waals surface area contributed by atoms with Crippen molar-refractivity contribution in [3.63, 3.8) is 0 Å². The molecule has 0 unspecified atom stereocenters. The third kappa shape index (κ3) is 3.45. The van der Waals surface area contributed by atoms with Gasteiger partial charge in [-0.3, -0.25) is 4.79 Å². The average Bonchev–Trinajstić information content (AvgIpc) is 3.03. The lowest BCUT2D eigenvalue weighted by Crippen LogP contribution is -2.23. The molecule has 4 nitrogen and oxygen atoms in total. The van der Waals surface area contributed by atoms with Crippen LogP contribution in [0.1, 0.15) is 24.0 Å². The lowest BCUT2D eigenvalue weighted by Gasteiger charge is -2.17. The van der Waals surface area contributed by atoms with Gasteiger partial charge in [0.15, 0.2) is 0 Å². The summed E-state index contributed by atoms with van der Waals surface area (Å²) in [5.74, 6) is 0.129. The molecule has 2 aromatic rings. The van der Waals surface area contributed by atoms with Crippen molar-refractivity contribution < 1.29 is 9.53 Å². The first kappa shape index (κ1) is 16.6. The Morgan fingerprint density at radius 3 is 2.79 bits per heavy atom. The molecule has 122 valence electrons. The predicted octanol–water partition coefficient (Wildman–Crippen LogP) is 3.98. The molecule has 0 spiro atoms. The molecule has 0 N–H and O–H groups in total. The van der Waals surface area contributed by atoms with Gasteiger partial charge in [0.05, 0.1) is 12.2 Å². The minimum atomic E-state index is 0.129. The number of nitriles is 1. The molecule has 1 aliphatic heterocycles. The minimum absolute atomic E-state index is 0.129. The zero-order chi connectivity index (χ0) is 16.9. The molecule has 3 rings (SSSR count). The maximum atomic E-state index is 11.9. The van der Waals surface area contributed by atoms with E-state index < -0.39 is 0 Å². The van der Waals surface area contributed by atoms with E-state index in [-0.39, 0.29) is 5.91 Å². The summed E-state index contributed by atoms with van der Waals surface area (Å²) in [6, 6.07) is 15.9. The standard InChI is InChI=1S/C19H18N2O2S/c1-23-13-14-5-2-3-6-17(14)24-18-9-8-16(11-15(18)12-20)21-10-4-7-19(21)22/h2-3,5-6,8-9,11H,4,7,10,13H2,1H3. The number of nitrogens with zero attached hydrogens (tertiary/aromatic N) is 2. The SMILES string of the molecule is COCc1ccccc1Sc1ccc(N2CCCC2=O)cc1C#N. The minimum Gasteiger partial charge on any atom is -0.380 e. The summed E-state index contributed by atoms with van der Waals surface area (Å²) >= 11 is 1.55. The number of hydrogen-bond acceptors (Lipinski definition) is 4. The van der Waals surface area contributed by atoms with Crippen molar-refractivity contribution in [2.24, 2.45) is 0 Å². The van der Waals surface area contributed by atoms with E-state index in [1.165, 1.54) is 0 Å². The quantitative estimate of drug-likeness (QED) is 0.827. The van der Waals surface area contributed by atoms with Crippen LogP contribution < -0.4 is 4.90 Å². The topological polar surface area (TPSA) is 53.3 Å². The van der Waals surface area contributed by atoms with Gasteiger partial charge in [-0.2, -0.15) is 5.26 Å². The summed E-state index contributed by atoms with van der Waals surface area (Å²) < 4.78 is 5.24. The maximum Gasteiger partial charge on any atom is 0.227 e. The molecule has 0 saturated carbocycles. The van der Waals surface area contributed by atoms with Gasteiger partial charge in [0.2, 0.25) is 5.91 Å². The van der Waals surface area contributed by atoms with Crippen LogP contribution in [0.25, 0.3) is 0 Å². The second kappa shape index (κ2) is 7.52. The van der Waals surface area contributed by atoms with Gasteiger partial charge in [-0.15, -0.1) is 0 Å². The van der Waals surface area contributed by atoms with Gasteiger partial charge in [-0.1, -0.05) is 30.0 Å². The van der Waals surface area contributed by atoms with E-state index in [9.17, 15) is 10.1 Å². The van der Waals surface area contributed by atoms with Gasteiger partial charge in [0, 0.05) is 35.6 Å². The number of rotatable bonds is 5. The zero-order valence-corrected chi connectivity index (χ0v) is 14.3. The van der Waals surface area contributed by atoms with Crippen LogP contribution in [0, 0.1) is 11.3 Å². The van der Waals surface area contributed by atoms with Crippen LogP contribution >= 0.6 is 11.8 Å². The van der Waals surface area contributed by atoms with Crippen molar-refractivity contribution in [3.8, 4) is 6.07 Å². The van der Waals surface area contributed by atoms with E-state index in [1.54, 1.807) is 23.8 Å². The van der Waals surface area contributed by atoms with E-state index in [0.29, 0.717) is 18.6 Å². The van der Waals surface area contributed by atoms with Gasteiger partial charge >= 0.3 is 0 Å². The van der Waals surface area contributed by atoms with E-state index in [0.717, 1.165) is 34.0 Å². The second-order valence-corrected chi connectivity index (χ2v) is 6.67. The van der Waals surface area contributed by atoms with Crippen LogP contribution in [0.3, 0.4) is 0 Å². The molecule has 0 aromatic heterocycles. The van der Waals surface area contributed by atoms with Gasteiger partial charge in [0.1, 0.15) is 6.07 Å². The molecule has 1 amide bonds. The summed E-state index contributed by atoms with van der Waals surface area (Å²) in [5.41, 5.74) is 2.49. The van der Waals surface area contributed by atoms with Crippen molar-refractivity contribution in [2.75, 3.05) is 18.6 Å². The monoisotopic (exact) mass is 338 g/mol. The molecule has 5 heteroatoms. The predicted molar refractivity (Wildman–Crippen MR) is 94.0 cm³/mol. The van der Waals surface area contributed by atoms with Crippen LogP contribution in [0.4, 0.5) is 5.69 Å². The molecule has 1 aliphatic rings. The van der Waals surface area contributed by atoms with E-state index >= 15 is 0 Å². The molecule has 0 radical (unpaired) electrons. The van der Waals surface area contributed by atoms with Crippen LogP contribution in [-0.4, -0.2) is 19.6 Å². The summed E-state index contributed by atoms with van der Waals surface area (Å²) in [6.45, 7) is 1.26. The normalized spacial score (nSPS) is 14.0. The fourth-order valence-corrected chi connectivity index (χ4v) is 3.77. The number of amides is 1. The molecule has 0 atom stereocenters. The van der Waals surface area contributed by atoms with Crippen molar-refractivity contribution in [3.05, 3.63) is 53.6 Å².